The van der Waals surface area contributed by atoms with E-state index in [-0.39, 0.29) is 5.56 Å². The number of nitrogens with zero attached hydrogens (tertiary/aromatic N) is 1. The lowest BCUT2D eigenvalue weighted by atomic mass is 10.1. The molecule has 5 heteroatoms. The van der Waals surface area contributed by atoms with Crippen molar-refractivity contribution in [2.75, 3.05) is 5.73 Å². The smallest absolute Gasteiger partial charge is 0.264 e. The SMILES string of the molecule is Nc1cc2ccccc2c(=O)n1-c1ccc(Cl)c(Br)c1. The van der Waals surface area contributed by atoms with E-state index < -0.39 is 0 Å². The van der Waals surface area contributed by atoms with Crippen LogP contribution < -0.4 is 11.3 Å². The van der Waals surface area contributed by atoms with Crippen molar-refractivity contribution in [3.05, 3.63) is 68.4 Å². The van der Waals surface area contributed by atoms with Gasteiger partial charge in [0.15, 0.2) is 0 Å². The van der Waals surface area contributed by atoms with Crippen LogP contribution in [0.5, 0.6) is 0 Å². The molecule has 3 rings (SSSR count). The van der Waals surface area contributed by atoms with Gasteiger partial charge in [-0.15, -0.1) is 0 Å². The van der Waals surface area contributed by atoms with Crippen LogP contribution in [0.4, 0.5) is 5.82 Å². The normalized spacial score (nSPS) is 10.9. The van der Waals surface area contributed by atoms with Gasteiger partial charge in [0, 0.05) is 9.86 Å². The molecule has 0 fully saturated rings. The Morgan fingerprint density at radius 1 is 1.10 bits per heavy atom. The second-order valence-corrected chi connectivity index (χ2v) is 5.66. The van der Waals surface area contributed by atoms with Gasteiger partial charge in [-0.1, -0.05) is 29.8 Å². The largest absolute Gasteiger partial charge is 0.385 e. The van der Waals surface area contributed by atoms with Gasteiger partial charge in [0.05, 0.1) is 10.7 Å². The molecule has 0 amide bonds. The van der Waals surface area contributed by atoms with Crippen LogP contribution in [0.1, 0.15) is 0 Å². The Hall–Kier alpha value is -1.78. The summed E-state index contributed by atoms with van der Waals surface area (Å²) in [6.07, 6.45) is 0. The standard InChI is InChI=1S/C15H10BrClN2O/c16-12-8-10(5-6-13(12)17)19-14(18)7-9-3-1-2-4-11(9)15(19)20/h1-8H,18H2. The minimum absolute atomic E-state index is 0.144. The van der Waals surface area contributed by atoms with E-state index in [1.807, 2.05) is 18.2 Å². The number of aromatic nitrogens is 1. The summed E-state index contributed by atoms with van der Waals surface area (Å²) in [7, 11) is 0. The lowest BCUT2D eigenvalue weighted by molar-refractivity contribution is 1.02. The molecule has 0 saturated carbocycles. The Kier molecular flexibility index (Phi) is 3.28. The Balaban J connectivity index is 2.36. The molecule has 0 spiro atoms. The van der Waals surface area contributed by atoms with Gasteiger partial charge in [-0.2, -0.15) is 0 Å². The van der Waals surface area contributed by atoms with Crippen LogP contribution in [0.25, 0.3) is 16.5 Å². The minimum Gasteiger partial charge on any atom is -0.385 e. The zero-order valence-corrected chi connectivity index (χ0v) is 12.6. The Morgan fingerprint density at radius 3 is 2.60 bits per heavy atom. The fourth-order valence-electron chi connectivity index (χ4n) is 2.17. The third-order valence-corrected chi connectivity index (χ3v) is 4.33. The van der Waals surface area contributed by atoms with Crippen molar-refractivity contribution in [2.45, 2.75) is 0 Å². The van der Waals surface area contributed by atoms with Crippen LogP contribution >= 0.6 is 27.5 Å². The van der Waals surface area contributed by atoms with E-state index in [2.05, 4.69) is 15.9 Å². The fourth-order valence-corrected chi connectivity index (χ4v) is 2.65. The number of halogens is 2. The molecule has 0 aliphatic heterocycles. The molecule has 20 heavy (non-hydrogen) atoms. The van der Waals surface area contributed by atoms with Crippen molar-refractivity contribution in [1.82, 2.24) is 4.57 Å². The first-order chi connectivity index (χ1) is 9.58. The monoisotopic (exact) mass is 348 g/mol. The van der Waals surface area contributed by atoms with Gasteiger partial charge in [0.2, 0.25) is 0 Å². The van der Waals surface area contributed by atoms with E-state index in [1.54, 1.807) is 30.3 Å². The highest BCUT2D eigenvalue weighted by Gasteiger charge is 2.09. The van der Waals surface area contributed by atoms with E-state index in [4.69, 9.17) is 17.3 Å². The number of hydrogen-bond donors (Lipinski definition) is 1. The maximum absolute atomic E-state index is 12.6. The molecule has 2 N–H and O–H groups in total. The predicted octanol–water partition coefficient (Wildman–Crippen LogP) is 3.99. The summed E-state index contributed by atoms with van der Waals surface area (Å²) >= 11 is 9.33. The fraction of sp³-hybridized carbons (Fsp3) is 0. The van der Waals surface area contributed by atoms with Crippen LogP contribution in [-0.2, 0) is 0 Å². The second kappa shape index (κ2) is 4.96. The molecule has 0 bridgehead atoms. The Morgan fingerprint density at radius 2 is 1.85 bits per heavy atom. The van der Waals surface area contributed by atoms with Gasteiger partial charge in [0.25, 0.3) is 5.56 Å². The summed E-state index contributed by atoms with van der Waals surface area (Å²) in [5.74, 6) is 0.392. The number of fused-ring (bicyclic) bond motifs is 1. The van der Waals surface area contributed by atoms with Gasteiger partial charge >= 0.3 is 0 Å². The molecule has 0 aliphatic rings. The first kappa shape index (κ1) is 13.2. The van der Waals surface area contributed by atoms with E-state index in [1.165, 1.54) is 4.57 Å². The molecule has 0 atom stereocenters. The Labute approximate surface area is 128 Å². The highest BCUT2D eigenvalue weighted by atomic mass is 79.9. The van der Waals surface area contributed by atoms with E-state index in [9.17, 15) is 4.79 Å². The number of pyridine rings is 1. The van der Waals surface area contributed by atoms with Crippen molar-refractivity contribution in [1.29, 1.82) is 0 Å². The summed E-state index contributed by atoms with van der Waals surface area (Å²) < 4.78 is 2.19. The average Bonchev–Trinajstić information content (AvgIpc) is 2.43. The summed E-state index contributed by atoms with van der Waals surface area (Å²) in [5.41, 5.74) is 6.55. The molecule has 3 aromatic rings. The van der Waals surface area contributed by atoms with Crippen molar-refractivity contribution >= 4 is 44.1 Å². The number of nitrogen functional groups attached to an aromatic ring is 1. The third kappa shape index (κ3) is 2.11. The van der Waals surface area contributed by atoms with E-state index in [0.29, 0.717) is 21.9 Å². The van der Waals surface area contributed by atoms with Crippen LogP contribution in [0.2, 0.25) is 5.02 Å². The minimum atomic E-state index is -0.144. The highest BCUT2D eigenvalue weighted by molar-refractivity contribution is 9.10. The molecule has 100 valence electrons. The zero-order valence-electron chi connectivity index (χ0n) is 10.3. The van der Waals surface area contributed by atoms with Gasteiger partial charge in [0.1, 0.15) is 5.82 Å². The van der Waals surface area contributed by atoms with Crippen molar-refractivity contribution in [3.8, 4) is 5.69 Å². The van der Waals surface area contributed by atoms with Crippen LogP contribution in [0, 0.1) is 0 Å². The van der Waals surface area contributed by atoms with Crippen molar-refractivity contribution < 1.29 is 0 Å². The number of hydrogen-bond acceptors (Lipinski definition) is 2. The summed E-state index contributed by atoms with van der Waals surface area (Å²) in [4.78, 5) is 12.6. The molecule has 1 aromatic heterocycles. The predicted molar refractivity (Wildman–Crippen MR) is 86.7 cm³/mol. The number of anilines is 1. The van der Waals surface area contributed by atoms with E-state index in [0.717, 1.165) is 9.86 Å². The highest BCUT2D eigenvalue weighted by Crippen LogP contribution is 2.26. The average molecular weight is 350 g/mol. The molecule has 0 unspecified atom stereocenters. The van der Waals surface area contributed by atoms with Crippen LogP contribution in [0.15, 0.2) is 57.8 Å². The van der Waals surface area contributed by atoms with Gasteiger partial charge in [-0.3, -0.25) is 9.36 Å². The van der Waals surface area contributed by atoms with Gasteiger partial charge in [-0.05, 0) is 51.6 Å². The number of nitrogens with two attached hydrogens (primary N) is 1. The third-order valence-electron chi connectivity index (χ3n) is 3.12. The van der Waals surface area contributed by atoms with Crippen molar-refractivity contribution in [3.63, 3.8) is 0 Å². The summed E-state index contributed by atoms with van der Waals surface area (Å²) in [6, 6.07) is 14.4. The van der Waals surface area contributed by atoms with E-state index >= 15 is 0 Å². The van der Waals surface area contributed by atoms with Gasteiger partial charge < -0.3 is 5.73 Å². The second-order valence-electron chi connectivity index (χ2n) is 4.40. The number of rotatable bonds is 1. The lowest BCUT2D eigenvalue weighted by Gasteiger charge is -2.12. The zero-order chi connectivity index (χ0) is 14.3. The topological polar surface area (TPSA) is 48.0 Å². The quantitative estimate of drug-likeness (QED) is 0.722. The van der Waals surface area contributed by atoms with Crippen LogP contribution in [-0.4, -0.2) is 4.57 Å². The summed E-state index contributed by atoms with van der Waals surface area (Å²) in [5, 5.41) is 2.05. The lowest BCUT2D eigenvalue weighted by Crippen LogP contribution is -2.21. The maximum atomic E-state index is 12.6. The molecular weight excluding hydrogens is 340 g/mol. The molecule has 2 aromatic carbocycles. The van der Waals surface area contributed by atoms with Gasteiger partial charge in [-0.25, -0.2) is 0 Å². The molecule has 1 heterocycles. The molecule has 3 nitrogen and oxygen atoms in total. The molecule has 0 aliphatic carbocycles. The molecule has 0 saturated heterocycles. The molecular formula is C15H10BrClN2O. The van der Waals surface area contributed by atoms with Crippen LogP contribution in [0.3, 0.4) is 0 Å². The first-order valence-corrected chi connectivity index (χ1v) is 7.11. The summed E-state index contributed by atoms with van der Waals surface area (Å²) in [6.45, 7) is 0. The number of benzene rings is 2. The molecule has 0 radical (unpaired) electrons. The first-order valence-electron chi connectivity index (χ1n) is 5.93. The maximum Gasteiger partial charge on any atom is 0.264 e. The Bertz CT molecular complexity index is 873. The van der Waals surface area contributed by atoms with Crippen molar-refractivity contribution in [2.24, 2.45) is 0 Å².